The summed E-state index contributed by atoms with van der Waals surface area (Å²) in [5.41, 5.74) is 5.32. The number of anilines is 1. The van der Waals surface area contributed by atoms with Crippen molar-refractivity contribution < 1.29 is 13.5 Å². The molecule has 0 spiro atoms. The summed E-state index contributed by atoms with van der Waals surface area (Å²) in [6.07, 6.45) is 1.04. The van der Waals surface area contributed by atoms with Crippen molar-refractivity contribution in [1.29, 1.82) is 0 Å². The first-order chi connectivity index (χ1) is 9.80. The monoisotopic (exact) mass is 332 g/mol. The van der Waals surface area contributed by atoms with Gasteiger partial charge in [0.1, 0.15) is 0 Å². The molecule has 21 heavy (non-hydrogen) atoms. The number of hydrogen-bond acceptors (Lipinski definition) is 5. The van der Waals surface area contributed by atoms with Gasteiger partial charge < -0.3 is 10.8 Å². The average Bonchev–Trinajstić information content (AvgIpc) is 2.47. The van der Waals surface area contributed by atoms with Crippen molar-refractivity contribution in [2.45, 2.75) is 37.2 Å². The molecule has 0 aliphatic rings. The van der Waals surface area contributed by atoms with Crippen LogP contribution in [0.15, 0.2) is 29.2 Å². The molecule has 0 atom stereocenters. The Kier molecular flexibility index (Phi) is 6.99. The van der Waals surface area contributed by atoms with Crippen molar-refractivity contribution >= 4 is 27.5 Å². The lowest BCUT2D eigenvalue weighted by molar-refractivity contribution is 0.0377. The van der Waals surface area contributed by atoms with Gasteiger partial charge in [0.05, 0.1) is 11.4 Å². The van der Waals surface area contributed by atoms with Crippen molar-refractivity contribution in [2.75, 3.05) is 23.8 Å². The lowest BCUT2D eigenvalue weighted by Crippen LogP contribution is -2.42. The summed E-state index contributed by atoms with van der Waals surface area (Å²) >= 11 is 1.46. The second-order valence-corrected chi connectivity index (χ2v) is 8.08. The zero-order chi connectivity index (χ0) is 15.9. The molecule has 0 amide bonds. The number of nitrogens with one attached hydrogen (secondary N) is 1. The Morgan fingerprint density at radius 1 is 1.24 bits per heavy atom. The van der Waals surface area contributed by atoms with Crippen molar-refractivity contribution in [3.8, 4) is 0 Å². The van der Waals surface area contributed by atoms with Crippen LogP contribution in [0.4, 0.5) is 5.69 Å². The maximum Gasteiger partial charge on any atom is 0.212 e. The summed E-state index contributed by atoms with van der Waals surface area (Å²) in [6.45, 7) is 3.75. The van der Waals surface area contributed by atoms with E-state index in [1.54, 1.807) is 12.1 Å². The van der Waals surface area contributed by atoms with Gasteiger partial charge in [-0.2, -0.15) is 0 Å². The van der Waals surface area contributed by atoms with Gasteiger partial charge in [-0.15, -0.1) is 11.8 Å². The summed E-state index contributed by atoms with van der Waals surface area (Å²) in [7, 11) is -3.37. The van der Waals surface area contributed by atoms with Gasteiger partial charge in [0.25, 0.3) is 0 Å². The molecule has 0 bridgehead atoms. The topological polar surface area (TPSA) is 92.4 Å². The Morgan fingerprint density at radius 2 is 1.81 bits per heavy atom. The molecule has 4 N–H and O–H groups in total. The molecular weight excluding hydrogens is 308 g/mol. The Labute approximate surface area is 131 Å². The van der Waals surface area contributed by atoms with Crippen molar-refractivity contribution in [3.63, 3.8) is 0 Å². The minimum atomic E-state index is -3.37. The van der Waals surface area contributed by atoms with Crippen LogP contribution in [-0.2, 0) is 10.0 Å². The van der Waals surface area contributed by atoms with E-state index < -0.39 is 15.6 Å². The van der Waals surface area contributed by atoms with Crippen LogP contribution in [0.5, 0.6) is 0 Å². The van der Waals surface area contributed by atoms with E-state index in [1.165, 1.54) is 11.8 Å². The number of aliphatic hydroxyl groups is 1. The van der Waals surface area contributed by atoms with Gasteiger partial charge in [0.15, 0.2) is 0 Å². The zero-order valence-corrected chi connectivity index (χ0v) is 14.1. The molecule has 0 unspecified atom stereocenters. The van der Waals surface area contributed by atoms with E-state index in [0.717, 1.165) is 4.90 Å². The van der Waals surface area contributed by atoms with E-state index in [9.17, 15) is 13.5 Å². The highest BCUT2D eigenvalue weighted by atomic mass is 32.2. The van der Waals surface area contributed by atoms with Crippen molar-refractivity contribution in [2.24, 2.45) is 0 Å². The molecule has 0 saturated heterocycles. The van der Waals surface area contributed by atoms with Crippen LogP contribution in [0.3, 0.4) is 0 Å². The number of hydrogen-bond donors (Lipinski definition) is 3. The molecule has 0 radical (unpaired) electrons. The van der Waals surface area contributed by atoms with Crippen LogP contribution in [-0.4, -0.2) is 37.2 Å². The minimum absolute atomic E-state index is 0.0194. The number of sulfonamides is 1. The number of nitrogens with two attached hydrogens (primary N) is 1. The lowest BCUT2D eigenvalue weighted by atomic mass is 9.98. The average molecular weight is 332 g/mol. The molecule has 5 nitrogen and oxygen atoms in total. The smallest absolute Gasteiger partial charge is 0.212 e. The second-order valence-electron chi connectivity index (χ2n) is 4.99. The second kappa shape index (κ2) is 8.03. The molecule has 0 aliphatic heterocycles. The van der Waals surface area contributed by atoms with Gasteiger partial charge in [0.2, 0.25) is 10.0 Å². The van der Waals surface area contributed by atoms with E-state index in [-0.39, 0.29) is 12.3 Å². The first kappa shape index (κ1) is 18.3. The minimum Gasteiger partial charge on any atom is -0.399 e. The van der Waals surface area contributed by atoms with Crippen LogP contribution >= 0.6 is 11.8 Å². The predicted molar refractivity (Wildman–Crippen MR) is 88.9 cm³/mol. The van der Waals surface area contributed by atoms with Gasteiger partial charge in [-0.25, -0.2) is 13.1 Å². The fourth-order valence-corrected chi connectivity index (χ4v) is 4.06. The lowest BCUT2D eigenvalue weighted by Gasteiger charge is -2.25. The maximum atomic E-state index is 11.9. The van der Waals surface area contributed by atoms with Gasteiger partial charge in [-0.3, -0.25) is 0 Å². The summed E-state index contributed by atoms with van der Waals surface area (Å²) in [6, 6.07) is 7.31. The molecular formula is C14H24N2O3S2. The SMILES string of the molecule is CCC(O)(CC)CNS(=O)(=O)CCSc1ccc(N)cc1. The van der Waals surface area contributed by atoms with Crippen LogP contribution in [0.25, 0.3) is 0 Å². The Morgan fingerprint density at radius 3 is 2.33 bits per heavy atom. The summed E-state index contributed by atoms with van der Waals surface area (Å²) in [4.78, 5) is 0.984. The number of benzene rings is 1. The number of nitrogen functional groups attached to an aromatic ring is 1. The van der Waals surface area contributed by atoms with Crippen molar-refractivity contribution in [1.82, 2.24) is 4.72 Å². The molecule has 0 aliphatic carbocycles. The quantitative estimate of drug-likeness (QED) is 0.474. The molecule has 1 aromatic rings. The largest absolute Gasteiger partial charge is 0.399 e. The van der Waals surface area contributed by atoms with Gasteiger partial charge in [-0.1, -0.05) is 13.8 Å². The summed E-state index contributed by atoms with van der Waals surface area (Å²) in [5, 5.41) is 10.1. The molecule has 0 heterocycles. The van der Waals surface area contributed by atoms with Crippen LogP contribution in [0.2, 0.25) is 0 Å². The first-order valence-corrected chi connectivity index (χ1v) is 9.62. The van der Waals surface area contributed by atoms with Gasteiger partial charge in [0, 0.05) is 22.9 Å². The van der Waals surface area contributed by atoms with Crippen LogP contribution in [0.1, 0.15) is 26.7 Å². The van der Waals surface area contributed by atoms with Gasteiger partial charge >= 0.3 is 0 Å². The molecule has 0 saturated carbocycles. The fourth-order valence-electron chi connectivity index (χ4n) is 1.65. The Balaban J connectivity index is 2.41. The van der Waals surface area contributed by atoms with E-state index in [4.69, 9.17) is 5.73 Å². The third-order valence-electron chi connectivity index (χ3n) is 3.44. The summed E-state index contributed by atoms with van der Waals surface area (Å²) < 4.78 is 26.3. The number of thioether (sulfide) groups is 1. The van der Waals surface area contributed by atoms with Gasteiger partial charge in [-0.05, 0) is 37.1 Å². The maximum absolute atomic E-state index is 11.9. The standard InChI is InChI=1S/C14H24N2O3S2/c1-3-14(17,4-2)11-16-21(18,19)10-9-20-13-7-5-12(15)6-8-13/h5-8,16-17H,3-4,9-11,15H2,1-2H3. The third kappa shape index (κ3) is 6.69. The molecule has 1 aromatic carbocycles. The van der Waals surface area contributed by atoms with Crippen LogP contribution < -0.4 is 10.5 Å². The Bertz CT molecular complexity index is 526. The van der Waals surface area contributed by atoms with Crippen LogP contribution in [0, 0.1) is 0 Å². The molecule has 7 heteroatoms. The van der Waals surface area contributed by atoms with E-state index >= 15 is 0 Å². The highest BCUT2D eigenvalue weighted by molar-refractivity contribution is 8.00. The highest BCUT2D eigenvalue weighted by Crippen LogP contribution is 2.19. The highest BCUT2D eigenvalue weighted by Gasteiger charge is 2.24. The normalized spacial score (nSPS) is 12.5. The third-order valence-corrected chi connectivity index (χ3v) is 6.04. The number of rotatable bonds is 9. The molecule has 0 fully saturated rings. The zero-order valence-electron chi connectivity index (χ0n) is 12.5. The Hall–Kier alpha value is -0.760. The predicted octanol–water partition coefficient (Wildman–Crippen LogP) is 1.83. The summed E-state index contributed by atoms with van der Waals surface area (Å²) in [5.74, 6) is 0.474. The molecule has 0 aromatic heterocycles. The van der Waals surface area contributed by atoms with Crippen molar-refractivity contribution in [3.05, 3.63) is 24.3 Å². The van der Waals surface area contributed by atoms with E-state index in [2.05, 4.69) is 4.72 Å². The molecule has 120 valence electrons. The fraction of sp³-hybridized carbons (Fsp3) is 0.571. The van der Waals surface area contributed by atoms with E-state index in [0.29, 0.717) is 24.3 Å². The van der Waals surface area contributed by atoms with E-state index in [1.807, 2.05) is 26.0 Å². The molecule has 1 rings (SSSR count). The first-order valence-electron chi connectivity index (χ1n) is 6.98.